The van der Waals surface area contributed by atoms with E-state index in [0.717, 1.165) is 34.3 Å². The molecule has 4 rings (SSSR count). The molecule has 4 heteroatoms. The summed E-state index contributed by atoms with van der Waals surface area (Å²) in [5, 5.41) is 2.92. The molecular weight excluding hydrogens is 336 g/mol. The lowest BCUT2D eigenvalue weighted by Crippen LogP contribution is -2.11. The molecule has 1 heterocycles. The fraction of sp³-hybridized carbons (Fsp3) is 0.130. The van der Waals surface area contributed by atoms with Crippen LogP contribution in [0.3, 0.4) is 0 Å². The molecule has 0 saturated heterocycles. The van der Waals surface area contributed by atoms with E-state index in [9.17, 15) is 4.79 Å². The van der Waals surface area contributed by atoms with E-state index in [1.165, 1.54) is 5.56 Å². The Balaban J connectivity index is 1.51. The molecule has 0 aliphatic heterocycles. The number of anilines is 1. The monoisotopic (exact) mass is 356 g/mol. The van der Waals surface area contributed by atoms with Crippen molar-refractivity contribution in [3.05, 3.63) is 83.4 Å². The summed E-state index contributed by atoms with van der Waals surface area (Å²) < 4.78 is 5.85. The first-order valence-corrected chi connectivity index (χ1v) is 9.00. The van der Waals surface area contributed by atoms with Gasteiger partial charge in [0.2, 0.25) is 5.89 Å². The normalized spacial score (nSPS) is 10.9. The van der Waals surface area contributed by atoms with E-state index >= 15 is 0 Å². The van der Waals surface area contributed by atoms with Crippen molar-refractivity contribution in [2.24, 2.45) is 0 Å². The van der Waals surface area contributed by atoms with Gasteiger partial charge >= 0.3 is 0 Å². The predicted molar refractivity (Wildman–Crippen MR) is 108 cm³/mol. The van der Waals surface area contributed by atoms with E-state index in [1.54, 1.807) is 0 Å². The van der Waals surface area contributed by atoms with Gasteiger partial charge in [-0.05, 0) is 73.0 Å². The van der Waals surface area contributed by atoms with Gasteiger partial charge in [-0.1, -0.05) is 25.1 Å². The van der Waals surface area contributed by atoms with Crippen LogP contribution in [-0.2, 0) is 6.42 Å². The Morgan fingerprint density at radius 3 is 2.44 bits per heavy atom. The third-order valence-electron chi connectivity index (χ3n) is 4.56. The van der Waals surface area contributed by atoms with E-state index in [4.69, 9.17) is 4.42 Å². The summed E-state index contributed by atoms with van der Waals surface area (Å²) in [5.74, 6) is 0.450. The number of benzene rings is 3. The molecule has 0 bridgehead atoms. The Morgan fingerprint density at radius 2 is 1.74 bits per heavy atom. The van der Waals surface area contributed by atoms with E-state index in [0.29, 0.717) is 11.5 Å². The maximum Gasteiger partial charge on any atom is 0.255 e. The zero-order valence-electron chi connectivity index (χ0n) is 15.3. The Hall–Kier alpha value is -3.40. The molecule has 0 spiro atoms. The van der Waals surface area contributed by atoms with Gasteiger partial charge in [0.1, 0.15) is 5.52 Å². The predicted octanol–water partition coefficient (Wildman–Crippen LogP) is 5.62. The molecule has 27 heavy (non-hydrogen) atoms. The maximum absolute atomic E-state index is 12.4. The molecule has 0 saturated carbocycles. The molecule has 4 nitrogen and oxygen atoms in total. The number of fused-ring (bicyclic) bond motifs is 1. The first-order chi connectivity index (χ1) is 13.1. The van der Waals surface area contributed by atoms with Gasteiger partial charge < -0.3 is 9.73 Å². The van der Waals surface area contributed by atoms with Gasteiger partial charge in [0, 0.05) is 16.8 Å². The number of aryl methyl sites for hydroxylation is 2. The zero-order chi connectivity index (χ0) is 18.8. The van der Waals surface area contributed by atoms with Crippen molar-refractivity contribution in [3.63, 3.8) is 0 Å². The maximum atomic E-state index is 12.4. The minimum atomic E-state index is -0.122. The molecule has 0 aliphatic carbocycles. The van der Waals surface area contributed by atoms with Crippen molar-refractivity contribution in [3.8, 4) is 11.5 Å². The van der Waals surface area contributed by atoms with Crippen molar-refractivity contribution in [1.29, 1.82) is 0 Å². The topological polar surface area (TPSA) is 55.1 Å². The standard InChI is InChI=1S/C23H20N2O2/c1-3-16-5-7-17(8-6-16)22(26)24-19-11-9-18(10-12-19)23-25-20-13-4-15(2)14-21(20)27-23/h4-14H,3H2,1-2H3,(H,24,26). The zero-order valence-corrected chi connectivity index (χ0v) is 15.3. The van der Waals surface area contributed by atoms with Crippen molar-refractivity contribution in [2.75, 3.05) is 5.32 Å². The highest BCUT2D eigenvalue weighted by atomic mass is 16.3. The number of rotatable bonds is 4. The Bertz CT molecular complexity index is 1090. The van der Waals surface area contributed by atoms with Crippen LogP contribution in [0.25, 0.3) is 22.6 Å². The third-order valence-corrected chi connectivity index (χ3v) is 4.56. The summed E-state index contributed by atoms with van der Waals surface area (Å²) >= 11 is 0. The lowest BCUT2D eigenvalue weighted by molar-refractivity contribution is 0.102. The summed E-state index contributed by atoms with van der Waals surface area (Å²) in [6.45, 7) is 4.11. The second-order valence-corrected chi connectivity index (χ2v) is 6.57. The molecule has 0 radical (unpaired) electrons. The van der Waals surface area contributed by atoms with Crippen LogP contribution in [0.1, 0.15) is 28.4 Å². The van der Waals surface area contributed by atoms with E-state index in [1.807, 2.05) is 73.7 Å². The van der Waals surface area contributed by atoms with Crippen molar-refractivity contribution in [1.82, 2.24) is 4.98 Å². The molecule has 0 atom stereocenters. The number of hydrogen-bond acceptors (Lipinski definition) is 3. The smallest absolute Gasteiger partial charge is 0.255 e. The third kappa shape index (κ3) is 3.60. The van der Waals surface area contributed by atoms with Gasteiger partial charge in [0.05, 0.1) is 0 Å². The van der Waals surface area contributed by atoms with Crippen molar-refractivity contribution in [2.45, 2.75) is 20.3 Å². The highest BCUT2D eigenvalue weighted by Crippen LogP contribution is 2.26. The second-order valence-electron chi connectivity index (χ2n) is 6.57. The van der Waals surface area contributed by atoms with Crippen LogP contribution in [0.4, 0.5) is 5.69 Å². The number of carbonyl (C=O) groups excluding carboxylic acids is 1. The number of nitrogens with zero attached hydrogens (tertiary/aromatic N) is 1. The molecule has 4 aromatic rings. The van der Waals surface area contributed by atoms with Crippen LogP contribution in [0.15, 0.2) is 71.1 Å². The molecule has 1 aromatic heterocycles. The first kappa shape index (κ1) is 17.0. The highest BCUT2D eigenvalue weighted by molar-refractivity contribution is 6.04. The fourth-order valence-corrected chi connectivity index (χ4v) is 2.95. The van der Waals surface area contributed by atoms with E-state index in [-0.39, 0.29) is 5.91 Å². The molecule has 134 valence electrons. The van der Waals surface area contributed by atoms with Gasteiger partial charge in [-0.2, -0.15) is 0 Å². The lowest BCUT2D eigenvalue weighted by Gasteiger charge is -2.06. The number of hydrogen-bond donors (Lipinski definition) is 1. The van der Waals surface area contributed by atoms with Crippen molar-refractivity contribution >= 4 is 22.7 Å². The van der Waals surface area contributed by atoms with Gasteiger partial charge in [0.25, 0.3) is 5.91 Å². The summed E-state index contributed by atoms with van der Waals surface area (Å²) in [5.41, 5.74) is 6.20. The van der Waals surface area contributed by atoms with E-state index < -0.39 is 0 Å². The molecule has 1 amide bonds. The summed E-state index contributed by atoms with van der Waals surface area (Å²) in [6.07, 6.45) is 0.957. The number of amides is 1. The molecule has 0 aliphatic rings. The summed E-state index contributed by atoms with van der Waals surface area (Å²) in [7, 11) is 0. The number of aromatic nitrogens is 1. The average Bonchev–Trinajstić information content (AvgIpc) is 3.11. The number of carbonyl (C=O) groups is 1. The minimum absolute atomic E-state index is 0.122. The largest absolute Gasteiger partial charge is 0.436 e. The van der Waals surface area contributed by atoms with Crippen LogP contribution in [0.5, 0.6) is 0 Å². The van der Waals surface area contributed by atoms with Crippen LogP contribution >= 0.6 is 0 Å². The Labute approximate surface area is 157 Å². The summed E-state index contributed by atoms with van der Waals surface area (Å²) in [6, 6.07) is 21.1. The Kier molecular flexibility index (Phi) is 4.47. The number of nitrogens with one attached hydrogen (secondary N) is 1. The Morgan fingerprint density at radius 1 is 1.00 bits per heavy atom. The lowest BCUT2D eigenvalue weighted by atomic mass is 10.1. The van der Waals surface area contributed by atoms with Crippen molar-refractivity contribution < 1.29 is 9.21 Å². The molecule has 3 aromatic carbocycles. The highest BCUT2D eigenvalue weighted by Gasteiger charge is 2.10. The number of oxazole rings is 1. The fourth-order valence-electron chi connectivity index (χ4n) is 2.95. The average molecular weight is 356 g/mol. The van der Waals surface area contributed by atoms with Gasteiger partial charge in [-0.25, -0.2) is 4.98 Å². The first-order valence-electron chi connectivity index (χ1n) is 9.00. The van der Waals surface area contributed by atoms with Crippen LogP contribution in [-0.4, -0.2) is 10.9 Å². The van der Waals surface area contributed by atoms with Gasteiger partial charge in [-0.15, -0.1) is 0 Å². The molecule has 0 fully saturated rings. The molecule has 0 unspecified atom stereocenters. The van der Waals surface area contributed by atoms with E-state index in [2.05, 4.69) is 17.2 Å². The van der Waals surface area contributed by atoms with Crippen LogP contribution in [0.2, 0.25) is 0 Å². The summed E-state index contributed by atoms with van der Waals surface area (Å²) in [4.78, 5) is 16.9. The molecule has 1 N–H and O–H groups in total. The second kappa shape index (κ2) is 7.08. The van der Waals surface area contributed by atoms with Gasteiger partial charge in [0.15, 0.2) is 5.58 Å². The van der Waals surface area contributed by atoms with Crippen LogP contribution < -0.4 is 5.32 Å². The quantitative estimate of drug-likeness (QED) is 0.516. The van der Waals surface area contributed by atoms with Crippen LogP contribution in [0, 0.1) is 6.92 Å². The SMILES string of the molecule is CCc1ccc(C(=O)Nc2ccc(-c3nc4ccc(C)cc4o3)cc2)cc1. The minimum Gasteiger partial charge on any atom is -0.436 e. The molecular formula is C23H20N2O2. The van der Waals surface area contributed by atoms with Gasteiger partial charge in [-0.3, -0.25) is 4.79 Å².